The molecule has 2 aliphatic rings. The fourth-order valence-corrected chi connectivity index (χ4v) is 3.22. The Bertz CT molecular complexity index is 891. The summed E-state index contributed by atoms with van der Waals surface area (Å²) >= 11 is 0. The molecule has 8 nitrogen and oxygen atoms in total. The zero-order chi connectivity index (χ0) is 19.0. The van der Waals surface area contributed by atoms with Gasteiger partial charge in [0.1, 0.15) is 28.9 Å². The van der Waals surface area contributed by atoms with Crippen molar-refractivity contribution in [1.29, 1.82) is 0 Å². The Morgan fingerprint density at radius 1 is 1.25 bits per heavy atom. The number of amides is 1. The molecule has 28 heavy (non-hydrogen) atoms. The smallest absolute Gasteiger partial charge is 0.522 e. The van der Waals surface area contributed by atoms with Gasteiger partial charge in [-0.05, 0) is 36.5 Å². The van der Waals surface area contributed by atoms with Crippen LogP contribution in [-0.4, -0.2) is 58.2 Å². The lowest BCUT2D eigenvalue weighted by Gasteiger charge is -2.39. The Morgan fingerprint density at radius 3 is 2.71 bits per heavy atom. The maximum atomic E-state index is 12.3. The SMILES string of the molecule is Cl.O=C(O)c1c(OC2CN(C(=O)c3ccccn3)C2)ccc2c1OB(O)CC2. The van der Waals surface area contributed by atoms with Crippen molar-refractivity contribution in [3.05, 3.63) is 53.3 Å². The van der Waals surface area contributed by atoms with Crippen LogP contribution in [-0.2, 0) is 6.42 Å². The standard InChI is InChI=1S/C18H17BN2O6.ClH/c22-17(13-3-1-2-8-20-13)21-9-12(10-21)26-14-5-4-11-6-7-19(25)27-16(11)15(14)18(23)24;/h1-5,8,12,25H,6-7,9-10H2,(H,23,24);1H. The lowest BCUT2D eigenvalue weighted by molar-refractivity contribution is 0.0165. The van der Waals surface area contributed by atoms with Gasteiger partial charge in [0.2, 0.25) is 0 Å². The number of carbonyl (C=O) groups excluding carboxylic acids is 1. The van der Waals surface area contributed by atoms with E-state index in [0.29, 0.717) is 31.5 Å². The van der Waals surface area contributed by atoms with Crippen LogP contribution in [0.4, 0.5) is 0 Å². The van der Waals surface area contributed by atoms with Gasteiger partial charge in [0.05, 0.1) is 13.1 Å². The van der Waals surface area contributed by atoms with E-state index in [2.05, 4.69) is 4.98 Å². The fraction of sp³-hybridized carbons (Fsp3) is 0.278. The van der Waals surface area contributed by atoms with Crippen molar-refractivity contribution in [3.63, 3.8) is 0 Å². The maximum Gasteiger partial charge on any atom is 0.522 e. The fourth-order valence-electron chi connectivity index (χ4n) is 3.22. The van der Waals surface area contributed by atoms with E-state index < -0.39 is 13.1 Å². The van der Waals surface area contributed by atoms with E-state index in [4.69, 9.17) is 9.39 Å². The molecule has 3 heterocycles. The topological polar surface area (TPSA) is 109 Å². The first-order valence-electron chi connectivity index (χ1n) is 8.64. The number of rotatable bonds is 4. The molecule has 2 aliphatic heterocycles. The first-order chi connectivity index (χ1) is 13.0. The van der Waals surface area contributed by atoms with E-state index >= 15 is 0 Å². The summed E-state index contributed by atoms with van der Waals surface area (Å²) in [7, 11) is -1.03. The lowest BCUT2D eigenvalue weighted by Crippen LogP contribution is -2.56. The van der Waals surface area contributed by atoms with Gasteiger partial charge in [-0.25, -0.2) is 4.79 Å². The number of ether oxygens (including phenoxy) is 1. The predicted octanol–water partition coefficient (Wildman–Crippen LogP) is 1.52. The molecular formula is C18H18BClN2O6. The van der Waals surface area contributed by atoms with E-state index in [9.17, 15) is 19.7 Å². The van der Waals surface area contributed by atoms with Gasteiger partial charge in [-0.15, -0.1) is 12.4 Å². The molecular weight excluding hydrogens is 386 g/mol. The number of aromatic nitrogens is 1. The number of hydrogen-bond acceptors (Lipinski definition) is 6. The third-order valence-electron chi connectivity index (χ3n) is 4.64. The number of aromatic carboxylic acids is 1. The summed E-state index contributed by atoms with van der Waals surface area (Å²) in [6.07, 6.45) is 2.19. The molecule has 0 saturated carbocycles. The number of halogens is 1. The van der Waals surface area contributed by atoms with Crippen molar-refractivity contribution in [2.75, 3.05) is 13.1 Å². The summed E-state index contributed by atoms with van der Waals surface area (Å²) in [4.78, 5) is 29.6. The van der Waals surface area contributed by atoms with Crippen LogP contribution < -0.4 is 9.39 Å². The van der Waals surface area contributed by atoms with Crippen molar-refractivity contribution in [2.45, 2.75) is 18.8 Å². The van der Waals surface area contributed by atoms with E-state index in [1.165, 1.54) is 0 Å². The monoisotopic (exact) mass is 404 g/mol. The van der Waals surface area contributed by atoms with Gasteiger partial charge in [0, 0.05) is 6.20 Å². The van der Waals surface area contributed by atoms with Crippen LogP contribution in [0.25, 0.3) is 0 Å². The number of hydrogen-bond donors (Lipinski definition) is 2. The molecule has 2 N–H and O–H groups in total. The van der Waals surface area contributed by atoms with Crippen LogP contribution in [0.5, 0.6) is 11.5 Å². The second-order valence-electron chi connectivity index (χ2n) is 6.51. The largest absolute Gasteiger partial charge is 0.535 e. The first kappa shape index (κ1) is 20.0. The second-order valence-corrected chi connectivity index (χ2v) is 6.51. The zero-order valence-electron chi connectivity index (χ0n) is 14.8. The number of likely N-dealkylation sites (tertiary alicyclic amines) is 1. The van der Waals surface area contributed by atoms with Gasteiger partial charge in [-0.3, -0.25) is 9.78 Å². The van der Waals surface area contributed by atoms with Crippen LogP contribution in [0, 0.1) is 0 Å². The number of pyridine rings is 1. The van der Waals surface area contributed by atoms with Gasteiger partial charge in [0.15, 0.2) is 0 Å². The average Bonchev–Trinajstić information content (AvgIpc) is 2.63. The predicted molar refractivity (Wildman–Crippen MR) is 102 cm³/mol. The molecule has 4 rings (SSSR count). The van der Waals surface area contributed by atoms with Crippen LogP contribution in [0.2, 0.25) is 6.32 Å². The van der Waals surface area contributed by atoms with Crippen LogP contribution >= 0.6 is 12.4 Å². The number of nitrogens with zero attached hydrogens (tertiary/aromatic N) is 2. The Hall–Kier alpha value is -2.78. The Balaban J connectivity index is 0.00000225. The molecule has 1 saturated heterocycles. The van der Waals surface area contributed by atoms with Crippen LogP contribution in [0.15, 0.2) is 36.5 Å². The molecule has 1 aromatic heterocycles. The molecule has 1 fully saturated rings. The second kappa shape index (κ2) is 8.08. The van der Waals surface area contributed by atoms with Gasteiger partial charge in [-0.1, -0.05) is 12.1 Å². The van der Waals surface area contributed by atoms with E-state index in [0.717, 1.165) is 5.56 Å². The summed E-state index contributed by atoms with van der Waals surface area (Å²) in [5, 5.41) is 19.3. The first-order valence-corrected chi connectivity index (χ1v) is 8.64. The number of fused-ring (bicyclic) bond motifs is 1. The van der Waals surface area contributed by atoms with E-state index in [1.807, 2.05) is 0 Å². The molecule has 1 amide bonds. The minimum absolute atomic E-state index is 0. The van der Waals surface area contributed by atoms with Crippen LogP contribution in [0.3, 0.4) is 0 Å². The third kappa shape index (κ3) is 3.76. The lowest BCUT2D eigenvalue weighted by atomic mass is 9.78. The molecule has 2 aromatic rings. The van der Waals surface area contributed by atoms with E-state index in [1.54, 1.807) is 41.4 Å². The highest BCUT2D eigenvalue weighted by Crippen LogP contribution is 2.37. The van der Waals surface area contributed by atoms with Gasteiger partial charge < -0.3 is 24.4 Å². The summed E-state index contributed by atoms with van der Waals surface area (Å²) < 4.78 is 11.1. The molecule has 0 aliphatic carbocycles. The van der Waals surface area contributed by atoms with Crippen molar-refractivity contribution in [2.24, 2.45) is 0 Å². The quantitative estimate of drug-likeness (QED) is 0.744. The molecule has 10 heteroatoms. The molecule has 0 spiro atoms. The maximum absolute atomic E-state index is 12.3. The highest BCUT2D eigenvalue weighted by atomic mass is 35.5. The summed E-state index contributed by atoms with van der Waals surface area (Å²) in [6.45, 7) is 0.685. The Kier molecular flexibility index (Phi) is 5.76. The molecule has 146 valence electrons. The van der Waals surface area contributed by atoms with Gasteiger partial charge in [0.25, 0.3) is 5.91 Å². The summed E-state index contributed by atoms with van der Waals surface area (Å²) in [5.74, 6) is -1.05. The normalized spacial score (nSPS) is 15.6. The minimum Gasteiger partial charge on any atom is -0.535 e. The van der Waals surface area contributed by atoms with Crippen molar-refractivity contribution in [3.8, 4) is 11.5 Å². The number of carboxylic acids is 1. The summed E-state index contributed by atoms with van der Waals surface area (Å²) in [6, 6.07) is 8.48. The van der Waals surface area contributed by atoms with Gasteiger partial charge >= 0.3 is 13.1 Å². The number of aryl methyl sites for hydroxylation is 1. The Morgan fingerprint density at radius 2 is 2.04 bits per heavy atom. The van der Waals surface area contributed by atoms with Crippen molar-refractivity contribution in [1.82, 2.24) is 9.88 Å². The van der Waals surface area contributed by atoms with Gasteiger partial charge in [-0.2, -0.15) is 0 Å². The molecule has 0 radical (unpaired) electrons. The minimum atomic E-state index is -1.18. The third-order valence-corrected chi connectivity index (χ3v) is 4.64. The Labute approximate surface area is 167 Å². The molecule has 0 atom stereocenters. The number of benzene rings is 1. The van der Waals surface area contributed by atoms with Crippen LogP contribution in [0.1, 0.15) is 26.4 Å². The highest BCUT2D eigenvalue weighted by molar-refractivity contribution is 6.44. The molecule has 1 aromatic carbocycles. The molecule has 0 unspecified atom stereocenters. The number of carboxylic acid groups (broad SMARTS) is 1. The van der Waals surface area contributed by atoms with E-state index in [-0.39, 0.29) is 41.5 Å². The van der Waals surface area contributed by atoms with Crippen molar-refractivity contribution < 1.29 is 29.1 Å². The average molecular weight is 405 g/mol. The van der Waals surface area contributed by atoms with Crippen molar-refractivity contribution >= 4 is 31.4 Å². The number of carbonyl (C=O) groups is 2. The zero-order valence-corrected chi connectivity index (χ0v) is 15.6. The molecule has 0 bridgehead atoms. The summed E-state index contributed by atoms with van der Waals surface area (Å²) in [5.41, 5.74) is 0.990. The highest BCUT2D eigenvalue weighted by Gasteiger charge is 2.36.